The van der Waals surface area contributed by atoms with Crippen molar-refractivity contribution in [3.63, 3.8) is 0 Å². The monoisotopic (exact) mass is 252 g/mol. The van der Waals surface area contributed by atoms with Gasteiger partial charge in [0, 0.05) is 12.2 Å². The molecule has 1 aliphatic heterocycles. The molecule has 1 aromatic rings. The van der Waals surface area contributed by atoms with Crippen LogP contribution in [-0.2, 0) is 4.74 Å². The van der Waals surface area contributed by atoms with E-state index in [1.165, 1.54) is 5.56 Å². The molecule has 3 nitrogen and oxygen atoms in total. The van der Waals surface area contributed by atoms with Crippen molar-refractivity contribution in [3.05, 3.63) is 23.9 Å². The fraction of sp³-hybridized carbons (Fsp3) is 0.615. The molecule has 1 saturated heterocycles. The third kappa shape index (κ3) is 3.69. The molecule has 0 radical (unpaired) electrons. The summed E-state index contributed by atoms with van der Waals surface area (Å²) < 4.78 is 5.15. The molecule has 17 heavy (non-hydrogen) atoms. The van der Waals surface area contributed by atoms with Crippen molar-refractivity contribution in [3.8, 4) is 0 Å². The molecule has 0 saturated carbocycles. The summed E-state index contributed by atoms with van der Waals surface area (Å²) in [5, 5.41) is 5.17. The van der Waals surface area contributed by atoms with E-state index in [4.69, 9.17) is 4.74 Å². The van der Waals surface area contributed by atoms with Crippen molar-refractivity contribution < 1.29 is 4.74 Å². The first kappa shape index (κ1) is 12.9. The summed E-state index contributed by atoms with van der Waals surface area (Å²) in [7, 11) is 0. The second-order valence-corrected chi connectivity index (χ2v) is 5.70. The Morgan fingerprint density at radius 1 is 1.53 bits per heavy atom. The Morgan fingerprint density at radius 2 is 2.35 bits per heavy atom. The fourth-order valence-corrected chi connectivity index (χ4v) is 2.58. The van der Waals surface area contributed by atoms with E-state index in [2.05, 4.69) is 36.3 Å². The number of thioether (sulfide) groups is 1. The van der Waals surface area contributed by atoms with Crippen LogP contribution in [0.1, 0.15) is 31.9 Å². The van der Waals surface area contributed by atoms with Crippen LogP contribution in [0, 0.1) is 0 Å². The quantitative estimate of drug-likeness (QED) is 0.844. The van der Waals surface area contributed by atoms with E-state index in [0.29, 0.717) is 11.3 Å². The molecule has 94 valence electrons. The largest absolute Gasteiger partial charge is 0.379 e. The van der Waals surface area contributed by atoms with Crippen molar-refractivity contribution in [1.29, 1.82) is 0 Å². The molecule has 0 spiro atoms. The van der Waals surface area contributed by atoms with E-state index < -0.39 is 0 Å². The topological polar surface area (TPSA) is 34.1 Å². The number of rotatable bonds is 6. The van der Waals surface area contributed by atoms with Gasteiger partial charge in [0.15, 0.2) is 0 Å². The smallest absolute Gasteiger partial charge is 0.0964 e. The molecular formula is C13H20N2OS. The Balaban J connectivity index is 1.87. The van der Waals surface area contributed by atoms with Gasteiger partial charge in [-0.2, -0.15) is 0 Å². The zero-order valence-electron chi connectivity index (χ0n) is 10.5. The maximum Gasteiger partial charge on any atom is 0.0964 e. The molecule has 1 aromatic heterocycles. The van der Waals surface area contributed by atoms with E-state index in [9.17, 15) is 0 Å². The molecule has 0 amide bonds. The fourth-order valence-electron chi connectivity index (χ4n) is 1.65. The zero-order valence-corrected chi connectivity index (χ0v) is 11.3. The van der Waals surface area contributed by atoms with Crippen molar-refractivity contribution in [2.45, 2.75) is 36.6 Å². The van der Waals surface area contributed by atoms with Gasteiger partial charge in [0.2, 0.25) is 0 Å². The first-order chi connectivity index (χ1) is 8.29. The van der Waals surface area contributed by atoms with Crippen molar-refractivity contribution in [1.82, 2.24) is 10.3 Å². The molecular weight excluding hydrogens is 232 g/mol. The first-order valence-corrected chi connectivity index (χ1v) is 7.11. The van der Waals surface area contributed by atoms with Crippen LogP contribution in [0.5, 0.6) is 0 Å². The lowest BCUT2D eigenvalue weighted by atomic mass is 10.1. The van der Waals surface area contributed by atoms with Crippen LogP contribution >= 0.6 is 11.8 Å². The minimum atomic E-state index is 0.383. The number of pyridine rings is 1. The van der Waals surface area contributed by atoms with Gasteiger partial charge in [0.05, 0.1) is 23.5 Å². The van der Waals surface area contributed by atoms with Gasteiger partial charge in [-0.1, -0.05) is 24.8 Å². The van der Waals surface area contributed by atoms with Crippen LogP contribution in [-0.4, -0.2) is 30.0 Å². The number of hydrogen-bond donors (Lipinski definition) is 1. The van der Waals surface area contributed by atoms with Crippen LogP contribution < -0.4 is 5.32 Å². The van der Waals surface area contributed by atoms with Crippen LogP contribution in [0.4, 0.5) is 0 Å². The van der Waals surface area contributed by atoms with Crippen LogP contribution in [0.2, 0.25) is 0 Å². The van der Waals surface area contributed by atoms with Gasteiger partial charge in [-0.05, 0) is 31.5 Å². The molecule has 4 heteroatoms. The molecule has 0 bridgehead atoms. The predicted octanol–water partition coefficient (Wildman–Crippen LogP) is 2.63. The number of nitrogens with zero attached hydrogens (tertiary/aromatic N) is 1. The lowest BCUT2D eigenvalue weighted by molar-refractivity contribution is 0.0454. The summed E-state index contributed by atoms with van der Waals surface area (Å²) in [6, 6.07) is 4.67. The molecule has 1 unspecified atom stereocenters. The third-order valence-corrected chi connectivity index (χ3v) is 3.94. The predicted molar refractivity (Wildman–Crippen MR) is 71.4 cm³/mol. The zero-order chi connectivity index (χ0) is 12.1. The maximum atomic E-state index is 5.15. The number of ether oxygens (including phenoxy) is 1. The minimum Gasteiger partial charge on any atom is -0.379 e. The van der Waals surface area contributed by atoms with Crippen molar-refractivity contribution >= 4 is 11.8 Å². The van der Waals surface area contributed by atoms with Crippen LogP contribution in [0.25, 0.3) is 0 Å². The Bertz CT molecular complexity index is 338. The van der Waals surface area contributed by atoms with Crippen molar-refractivity contribution in [2.24, 2.45) is 0 Å². The van der Waals surface area contributed by atoms with Gasteiger partial charge in [-0.15, -0.1) is 0 Å². The lowest BCUT2D eigenvalue weighted by Crippen LogP contribution is -2.30. The maximum absolute atomic E-state index is 5.15. The third-order valence-electron chi connectivity index (χ3n) is 2.85. The summed E-state index contributed by atoms with van der Waals surface area (Å²) in [5.41, 5.74) is 1.26. The van der Waals surface area contributed by atoms with Crippen molar-refractivity contribution in [2.75, 3.05) is 19.8 Å². The summed E-state index contributed by atoms with van der Waals surface area (Å²) in [6.07, 6.45) is 3.14. The second kappa shape index (κ2) is 6.38. The summed E-state index contributed by atoms with van der Waals surface area (Å²) in [5.74, 6) is 0. The normalized spacial score (nSPS) is 17.8. The Kier molecular flexibility index (Phi) is 4.83. The number of aromatic nitrogens is 1. The minimum absolute atomic E-state index is 0.383. The summed E-state index contributed by atoms with van der Waals surface area (Å²) >= 11 is 1.81. The van der Waals surface area contributed by atoms with E-state index in [1.54, 1.807) is 0 Å². The highest BCUT2D eigenvalue weighted by atomic mass is 32.2. The van der Waals surface area contributed by atoms with Gasteiger partial charge in [0.25, 0.3) is 0 Å². The van der Waals surface area contributed by atoms with E-state index in [-0.39, 0.29) is 0 Å². The summed E-state index contributed by atoms with van der Waals surface area (Å²) in [6.45, 7) is 7.14. The van der Waals surface area contributed by atoms with Gasteiger partial charge in [-0.25, -0.2) is 4.98 Å². The van der Waals surface area contributed by atoms with E-state index >= 15 is 0 Å². The number of nitrogens with one attached hydrogen (secondary N) is 1. The molecule has 0 aliphatic carbocycles. The SMILES string of the molecule is CCCNC(C)c1ccc(SC2COC2)nc1. The van der Waals surface area contributed by atoms with Gasteiger partial charge in [-0.3, -0.25) is 0 Å². The average molecular weight is 252 g/mol. The standard InChI is InChI=1S/C13H20N2OS/c1-3-6-14-10(2)11-4-5-13(15-7-11)17-12-8-16-9-12/h4-5,7,10,12,14H,3,6,8-9H2,1-2H3. The molecule has 1 N–H and O–H groups in total. The Hall–Kier alpha value is -0.580. The molecule has 1 atom stereocenters. The summed E-state index contributed by atoms with van der Waals surface area (Å²) in [4.78, 5) is 4.50. The molecule has 1 aliphatic rings. The molecule has 1 fully saturated rings. The van der Waals surface area contributed by atoms with Gasteiger partial charge in [0.1, 0.15) is 0 Å². The van der Waals surface area contributed by atoms with Crippen LogP contribution in [0.3, 0.4) is 0 Å². The van der Waals surface area contributed by atoms with Crippen LogP contribution in [0.15, 0.2) is 23.4 Å². The van der Waals surface area contributed by atoms with E-state index in [0.717, 1.165) is 31.2 Å². The van der Waals surface area contributed by atoms with Gasteiger partial charge < -0.3 is 10.1 Å². The lowest BCUT2D eigenvalue weighted by Gasteiger charge is -2.24. The molecule has 2 rings (SSSR count). The Morgan fingerprint density at radius 3 is 2.88 bits per heavy atom. The number of hydrogen-bond acceptors (Lipinski definition) is 4. The molecule has 0 aromatic carbocycles. The second-order valence-electron chi connectivity index (χ2n) is 4.38. The molecule has 2 heterocycles. The highest BCUT2D eigenvalue weighted by Crippen LogP contribution is 2.26. The van der Waals surface area contributed by atoms with E-state index in [1.807, 2.05) is 18.0 Å². The highest BCUT2D eigenvalue weighted by Gasteiger charge is 2.20. The first-order valence-electron chi connectivity index (χ1n) is 6.23. The average Bonchev–Trinajstić information content (AvgIpc) is 2.31. The Labute approximate surface area is 107 Å². The van der Waals surface area contributed by atoms with Gasteiger partial charge >= 0.3 is 0 Å². The highest BCUT2D eigenvalue weighted by molar-refractivity contribution is 8.00.